The summed E-state index contributed by atoms with van der Waals surface area (Å²) in [6.07, 6.45) is 2.55. The van der Waals surface area contributed by atoms with E-state index in [4.69, 9.17) is 4.99 Å². The minimum atomic E-state index is -0.877. The Labute approximate surface area is 161 Å². The van der Waals surface area contributed by atoms with Gasteiger partial charge in [0.2, 0.25) is 0 Å². The lowest BCUT2D eigenvalue weighted by atomic mass is 10.2. The average Bonchev–Trinajstić information content (AvgIpc) is 3.09. The highest BCUT2D eigenvalue weighted by atomic mass is 32.2. The molecule has 2 atom stereocenters. The topological polar surface area (TPSA) is 47.9 Å². The molecule has 1 aromatic carbocycles. The zero-order valence-electron chi connectivity index (χ0n) is 16.5. The van der Waals surface area contributed by atoms with Crippen LogP contribution in [0.3, 0.4) is 0 Å². The van der Waals surface area contributed by atoms with Crippen LogP contribution in [0.1, 0.15) is 32.3 Å². The van der Waals surface area contributed by atoms with E-state index < -0.39 is 10.8 Å². The van der Waals surface area contributed by atoms with Gasteiger partial charge in [0.05, 0.1) is 6.54 Å². The van der Waals surface area contributed by atoms with Gasteiger partial charge in [-0.15, -0.1) is 0 Å². The molecule has 5 nitrogen and oxygen atoms in total. The van der Waals surface area contributed by atoms with Crippen LogP contribution in [0.15, 0.2) is 35.3 Å². The molecule has 26 heavy (non-hydrogen) atoms. The number of nitrogens with one attached hydrogen (secondary N) is 1. The number of guanidine groups is 1. The molecule has 1 fully saturated rings. The molecule has 2 unspecified atom stereocenters. The molecule has 1 aliphatic heterocycles. The first-order valence-electron chi connectivity index (χ1n) is 9.76. The van der Waals surface area contributed by atoms with Crippen LogP contribution in [-0.4, -0.2) is 71.5 Å². The van der Waals surface area contributed by atoms with Crippen molar-refractivity contribution in [3.63, 3.8) is 0 Å². The maximum Gasteiger partial charge on any atom is 0.193 e. The van der Waals surface area contributed by atoms with E-state index in [0.29, 0.717) is 24.1 Å². The minimum absolute atomic E-state index is 0.592. The van der Waals surface area contributed by atoms with Gasteiger partial charge in [0.15, 0.2) is 5.96 Å². The summed E-state index contributed by atoms with van der Waals surface area (Å²) in [7, 11) is 1.23. The fraction of sp³-hybridized carbons (Fsp3) is 0.650. The summed E-state index contributed by atoms with van der Waals surface area (Å²) in [6, 6.07) is 10.6. The lowest BCUT2D eigenvalue weighted by Crippen LogP contribution is -2.46. The largest absolute Gasteiger partial charge is 0.357 e. The van der Waals surface area contributed by atoms with Gasteiger partial charge >= 0.3 is 0 Å². The molecule has 0 aromatic heterocycles. The van der Waals surface area contributed by atoms with Crippen molar-refractivity contribution in [1.82, 2.24) is 15.1 Å². The Bertz CT molecular complexity index is 578. The lowest BCUT2D eigenvalue weighted by Gasteiger charge is -2.29. The second-order valence-electron chi connectivity index (χ2n) is 6.81. The first-order valence-corrected chi connectivity index (χ1v) is 11.2. The van der Waals surface area contributed by atoms with Gasteiger partial charge in [0.1, 0.15) is 0 Å². The van der Waals surface area contributed by atoms with Crippen molar-refractivity contribution in [3.8, 4) is 0 Å². The van der Waals surface area contributed by atoms with Gasteiger partial charge in [-0.25, -0.2) is 0 Å². The average molecular weight is 379 g/mol. The van der Waals surface area contributed by atoms with Gasteiger partial charge in [0, 0.05) is 48.5 Å². The number of likely N-dealkylation sites (N-methyl/N-ethyl adjacent to an activating group) is 2. The molecule has 0 saturated carbocycles. The second kappa shape index (κ2) is 11.3. The molecule has 6 heteroatoms. The molecule has 0 radical (unpaired) electrons. The smallest absolute Gasteiger partial charge is 0.193 e. The molecule has 1 aliphatic rings. The third-order valence-electron chi connectivity index (χ3n) is 4.84. The van der Waals surface area contributed by atoms with Crippen LogP contribution >= 0.6 is 0 Å². The van der Waals surface area contributed by atoms with Crippen LogP contribution in [0.25, 0.3) is 0 Å². The van der Waals surface area contributed by atoms with Crippen LogP contribution in [0, 0.1) is 0 Å². The molecular formula is C20H34N4OS. The SMILES string of the molecule is CCNC(=NCCS(=O)Cc1ccccc1)N(C)CC1CCCN1CC. The zero-order valence-corrected chi connectivity index (χ0v) is 17.3. The van der Waals surface area contributed by atoms with Gasteiger partial charge in [0.25, 0.3) is 0 Å². The summed E-state index contributed by atoms with van der Waals surface area (Å²) in [5.41, 5.74) is 1.12. The Morgan fingerprint density at radius 3 is 2.81 bits per heavy atom. The number of nitrogens with zero attached hydrogens (tertiary/aromatic N) is 3. The predicted molar refractivity (Wildman–Crippen MR) is 112 cm³/mol. The van der Waals surface area contributed by atoms with Crippen LogP contribution < -0.4 is 5.32 Å². The number of aliphatic imine (C=N–C) groups is 1. The van der Waals surface area contributed by atoms with Crippen molar-refractivity contribution < 1.29 is 4.21 Å². The highest BCUT2D eigenvalue weighted by molar-refractivity contribution is 7.84. The molecule has 146 valence electrons. The molecule has 0 aliphatic carbocycles. The summed E-state index contributed by atoms with van der Waals surface area (Å²) < 4.78 is 12.3. The standard InChI is InChI=1S/C20H34N4OS/c1-4-21-20(23(3)16-19-12-9-14-24(19)5-2)22-13-15-26(25)17-18-10-7-6-8-11-18/h6-8,10-11,19H,4-5,9,12-17H2,1-3H3,(H,21,22). The first kappa shape index (κ1) is 20.9. The number of benzene rings is 1. The third-order valence-corrected chi connectivity index (χ3v) is 6.13. The Hall–Kier alpha value is -1.40. The molecule has 0 spiro atoms. The highest BCUT2D eigenvalue weighted by Gasteiger charge is 2.24. The maximum atomic E-state index is 12.3. The minimum Gasteiger partial charge on any atom is -0.357 e. The van der Waals surface area contributed by atoms with E-state index in [1.54, 1.807) is 0 Å². The van der Waals surface area contributed by atoms with E-state index in [1.165, 1.54) is 19.4 Å². The van der Waals surface area contributed by atoms with Gasteiger partial charge in [-0.05, 0) is 38.4 Å². The van der Waals surface area contributed by atoms with Crippen LogP contribution in [-0.2, 0) is 16.6 Å². The Kier molecular flexibility index (Phi) is 9.12. The predicted octanol–water partition coefficient (Wildman–Crippen LogP) is 2.32. The number of likely N-dealkylation sites (tertiary alicyclic amines) is 1. The fourth-order valence-electron chi connectivity index (χ4n) is 3.48. The monoisotopic (exact) mass is 378 g/mol. The molecule has 1 saturated heterocycles. The molecule has 0 amide bonds. The molecule has 0 bridgehead atoms. The Balaban J connectivity index is 1.84. The number of hydrogen-bond acceptors (Lipinski definition) is 3. The summed E-state index contributed by atoms with van der Waals surface area (Å²) in [6.45, 7) is 9.08. The molecule has 1 aromatic rings. The van der Waals surface area contributed by atoms with Crippen molar-refractivity contribution >= 4 is 16.8 Å². The second-order valence-corrected chi connectivity index (χ2v) is 8.39. The van der Waals surface area contributed by atoms with Gasteiger partial charge in [-0.2, -0.15) is 0 Å². The van der Waals surface area contributed by atoms with Crippen molar-refractivity contribution in [2.75, 3.05) is 45.5 Å². The molecule has 1 heterocycles. The zero-order chi connectivity index (χ0) is 18.8. The lowest BCUT2D eigenvalue weighted by molar-refractivity contribution is 0.233. The van der Waals surface area contributed by atoms with Crippen molar-refractivity contribution in [2.45, 2.75) is 38.5 Å². The van der Waals surface area contributed by atoms with E-state index >= 15 is 0 Å². The van der Waals surface area contributed by atoms with Crippen LogP contribution in [0.2, 0.25) is 0 Å². The van der Waals surface area contributed by atoms with Crippen LogP contribution in [0.4, 0.5) is 0 Å². The first-order chi connectivity index (χ1) is 12.6. The maximum absolute atomic E-state index is 12.3. The molecular weight excluding hydrogens is 344 g/mol. The van der Waals surface area contributed by atoms with E-state index in [9.17, 15) is 4.21 Å². The summed E-state index contributed by atoms with van der Waals surface area (Å²) in [4.78, 5) is 9.48. The summed E-state index contributed by atoms with van der Waals surface area (Å²) in [5.74, 6) is 2.13. The summed E-state index contributed by atoms with van der Waals surface area (Å²) >= 11 is 0. The Morgan fingerprint density at radius 2 is 2.12 bits per heavy atom. The summed E-state index contributed by atoms with van der Waals surface area (Å²) in [5, 5.41) is 3.37. The highest BCUT2D eigenvalue weighted by Crippen LogP contribution is 2.17. The van der Waals surface area contributed by atoms with E-state index in [-0.39, 0.29) is 0 Å². The normalized spacial score (nSPS) is 19.5. The molecule has 1 N–H and O–H groups in total. The Morgan fingerprint density at radius 1 is 1.35 bits per heavy atom. The van der Waals surface area contributed by atoms with E-state index in [2.05, 4.69) is 36.0 Å². The van der Waals surface area contributed by atoms with Crippen molar-refractivity contribution in [1.29, 1.82) is 0 Å². The van der Waals surface area contributed by atoms with Gasteiger partial charge in [-0.3, -0.25) is 14.1 Å². The quantitative estimate of drug-likeness (QED) is 0.529. The van der Waals surface area contributed by atoms with E-state index in [0.717, 1.165) is 31.2 Å². The van der Waals surface area contributed by atoms with Gasteiger partial charge < -0.3 is 10.2 Å². The van der Waals surface area contributed by atoms with Crippen molar-refractivity contribution in [3.05, 3.63) is 35.9 Å². The van der Waals surface area contributed by atoms with Crippen molar-refractivity contribution in [2.24, 2.45) is 4.99 Å². The molecule has 2 rings (SSSR count). The number of rotatable bonds is 9. The van der Waals surface area contributed by atoms with Crippen LogP contribution in [0.5, 0.6) is 0 Å². The number of hydrogen-bond donors (Lipinski definition) is 1. The van der Waals surface area contributed by atoms with Gasteiger partial charge in [-0.1, -0.05) is 37.3 Å². The fourth-order valence-corrected chi connectivity index (χ4v) is 4.48. The third kappa shape index (κ3) is 6.72. The van der Waals surface area contributed by atoms with E-state index in [1.807, 2.05) is 30.3 Å².